The summed E-state index contributed by atoms with van der Waals surface area (Å²) in [6, 6.07) is 0. The minimum Gasteiger partial charge on any atom is -0.462 e. The van der Waals surface area contributed by atoms with E-state index >= 15 is 0 Å². The molecular weight excluding hydrogens is 761 g/mol. The average molecular weight is 853 g/mol. The van der Waals surface area contributed by atoms with Gasteiger partial charge < -0.3 is 39.4 Å². The Morgan fingerprint density at radius 1 is 0.550 bits per heavy atom. The Labute approximate surface area is 366 Å². The fourth-order valence-corrected chi connectivity index (χ4v) is 7.74. The van der Waals surface area contributed by atoms with Crippen molar-refractivity contribution in [2.24, 2.45) is 0 Å². The second-order valence-corrected chi connectivity index (χ2v) is 17.4. The molecule has 10 nitrogen and oxygen atoms in total. The van der Waals surface area contributed by atoms with Gasteiger partial charge in [0, 0.05) is 12.5 Å². The zero-order chi connectivity index (χ0) is 43.7. The van der Waals surface area contributed by atoms with Crippen molar-refractivity contribution < 1.29 is 49.0 Å². The molecule has 1 fully saturated rings. The molecule has 0 bridgehead atoms. The first-order valence-electron chi connectivity index (χ1n) is 25.0. The summed E-state index contributed by atoms with van der Waals surface area (Å²) >= 11 is 0. The summed E-state index contributed by atoms with van der Waals surface area (Å²) in [5.74, 6) is -1.05. The van der Waals surface area contributed by atoms with E-state index in [2.05, 4.69) is 13.8 Å². The summed E-state index contributed by atoms with van der Waals surface area (Å²) in [4.78, 5) is 25.3. The summed E-state index contributed by atoms with van der Waals surface area (Å²) in [5.41, 5.74) is 0. The molecule has 1 aliphatic rings. The first kappa shape index (κ1) is 56.2. The predicted molar refractivity (Wildman–Crippen MR) is 243 cm³/mol. The van der Waals surface area contributed by atoms with Gasteiger partial charge in [-0.05, 0) is 19.3 Å². The average Bonchev–Trinajstić information content (AvgIpc) is 3.25. The smallest absolute Gasteiger partial charge is 0.331 e. The lowest BCUT2D eigenvalue weighted by Gasteiger charge is -2.39. The van der Waals surface area contributed by atoms with Crippen LogP contribution < -0.4 is 0 Å². The molecular formula is C50H92O10. The third-order valence-corrected chi connectivity index (χ3v) is 11.7. The van der Waals surface area contributed by atoms with E-state index in [4.69, 9.17) is 18.9 Å². The summed E-state index contributed by atoms with van der Waals surface area (Å²) in [6.07, 6.45) is 39.6. The molecule has 1 heterocycles. The Morgan fingerprint density at radius 2 is 0.983 bits per heavy atom. The monoisotopic (exact) mass is 853 g/mol. The highest BCUT2D eigenvalue weighted by Crippen LogP contribution is 2.23. The normalized spacial score (nSPS) is 20.0. The molecule has 2 unspecified atom stereocenters. The van der Waals surface area contributed by atoms with Crippen molar-refractivity contribution in [2.75, 3.05) is 19.8 Å². The molecule has 0 saturated carbocycles. The van der Waals surface area contributed by atoms with Crippen molar-refractivity contribution in [3.63, 3.8) is 0 Å². The van der Waals surface area contributed by atoms with Crippen molar-refractivity contribution in [1.29, 1.82) is 0 Å². The van der Waals surface area contributed by atoms with Gasteiger partial charge in [0.05, 0.1) is 13.2 Å². The van der Waals surface area contributed by atoms with Crippen molar-refractivity contribution in [2.45, 2.75) is 263 Å². The minimum absolute atomic E-state index is 0.260. The Balaban J connectivity index is 2.29. The van der Waals surface area contributed by atoms with Gasteiger partial charge in [-0.3, -0.25) is 4.79 Å². The van der Waals surface area contributed by atoms with Gasteiger partial charge in [0.15, 0.2) is 12.4 Å². The van der Waals surface area contributed by atoms with Crippen LogP contribution in [-0.4, -0.2) is 89.0 Å². The number of aliphatic hydroxyl groups is 4. The minimum atomic E-state index is -1.61. The molecule has 0 aromatic heterocycles. The third-order valence-electron chi connectivity index (χ3n) is 11.7. The quantitative estimate of drug-likeness (QED) is 0.0202. The van der Waals surface area contributed by atoms with Crippen LogP contribution in [0.3, 0.4) is 0 Å². The Kier molecular flexibility index (Phi) is 38.6. The molecule has 0 amide bonds. The maximum Gasteiger partial charge on any atom is 0.331 e. The van der Waals surface area contributed by atoms with E-state index in [0.29, 0.717) is 0 Å². The molecule has 1 saturated heterocycles. The van der Waals surface area contributed by atoms with Crippen LogP contribution in [0.4, 0.5) is 0 Å². The number of unbranched alkanes of at least 4 members (excludes halogenated alkanes) is 30. The highest BCUT2D eigenvalue weighted by Gasteiger charge is 2.44. The zero-order valence-corrected chi connectivity index (χ0v) is 38.5. The van der Waals surface area contributed by atoms with E-state index in [0.717, 1.165) is 32.1 Å². The Bertz CT molecular complexity index is 1030. The van der Waals surface area contributed by atoms with Crippen molar-refractivity contribution >= 4 is 11.9 Å². The Morgan fingerprint density at radius 3 is 1.43 bits per heavy atom. The molecule has 6 atom stereocenters. The number of esters is 2. The van der Waals surface area contributed by atoms with Crippen LogP contribution in [0.25, 0.3) is 0 Å². The maximum atomic E-state index is 12.7. The van der Waals surface area contributed by atoms with Crippen LogP contribution >= 0.6 is 0 Å². The van der Waals surface area contributed by atoms with Crippen LogP contribution in [-0.2, 0) is 28.5 Å². The van der Waals surface area contributed by atoms with E-state index in [1.807, 2.05) is 12.2 Å². The molecule has 0 aliphatic carbocycles. The highest BCUT2D eigenvalue weighted by atomic mass is 16.7. The number of rotatable bonds is 42. The maximum absolute atomic E-state index is 12.7. The first-order chi connectivity index (χ1) is 29.3. The van der Waals surface area contributed by atoms with Gasteiger partial charge in [-0.15, -0.1) is 0 Å². The third kappa shape index (κ3) is 31.9. The molecule has 0 aromatic carbocycles. The molecule has 10 heteroatoms. The van der Waals surface area contributed by atoms with Crippen molar-refractivity contribution in [1.82, 2.24) is 0 Å². The van der Waals surface area contributed by atoms with E-state index in [9.17, 15) is 30.0 Å². The van der Waals surface area contributed by atoms with E-state index < -0.39 is 55.4 Å². The number of allylic oxidation sites excluding steroid dienone is 3. The first-order valence-corrected chi connectivity index (χ1v) is 25.0. The Hall–Kier alpha value is -1.82. The molecule has 60 heavy (non-hydrogen) atoms. The molecule has 0 aromatic rings. The molecule has 352 valence electrons. The van der Waals surface area contributed by atoms with E-state index in [1.165, 1.54) is 179 Å². The summed E-state index contributed by atoms with van der Waals surface area (Å²) in [7, 11) is 0. The largest absolute Gasteiger partial charge is 0.462 e. The second kappa shape index (κ2) is 41.2. The SMILES string of the molecule is CCCCCCCCCCCCC/C=C/C=C/C(=O)O[C@@H](COC(=O)CCCCCCCCCCCCCCCCCCCCCC)CO[C@H]1O[C@@H](CO)[C@@H](O)C(O)C1O. The number of carbonyl (C=O) groups excluding carboxylic acids is 2. The van der Waals surface area contributed by atoms with E-state index in [1.54, 1.807) is 6.08 Å². The zero-order valence-electron chi connectivity index (χ0n) is 38.5. The predicted octanol–water partition coefficient (Wildman–Crippen LogP) is 11.3. The summed E-state index contributed by atoms with van der Waals surface area (Å²) in [6.45, 7) is 3.35. The standard InChI is InChI=1S/C50H92O10/c1-3-5-7-9-11-13-15-17-19-20-21-22-23-25-26-28-30-32-34-36-38-45(52)57-41-43(42-58-50-49(56)48(55)47(54)44(40-51)60-50)59-46(53)39-37-35-33-31-29-27-24-18-16-14-12-10-8-6-4-2/h33,35,37,39,43-44,47-51,54-56H,3-32,34,36,38,40-42H2,1-2H3/b35-33+,39-37+/t43-,44-,47+,48?,49?,50-/m0/s1. The van der Waals surface area contributed by atoms with Crippen molar-refractivity contribution in [3.05, 3.63) is 24.3 Å². The van der Waals surface area contributed by atoms with Crippen LogP contribution in [0.15, 0.2) is 24.3 Å². The van der Waals surface area contributed by atoms with Gasteiger partial charge in [0.2, 0.25) is 0 Å². The van der Waals surface area contributed by atoms with Gasteiger partial charge in [0.1, 0.15) is 31.0 Å². The van der Waals surface area contributed by atoms with Gasteiger partial charge in [0.25, 0.3) is 0 Å². The second-order valence-electron chi connectivity index (χ2n) is 17.4. The fourth-order valence-electron chi connectivity index (χ4n) is 7.74. The van der Waals surface area contributed by atoms with Crippen molar-refractivity contribution in [3.8, 4) is 0 Å². The van der Waals surface area contributed by atoms with Gasteiger partial charge in [-0.25, -0.2) is 4.79 Å². The lowest BCUT2D eigenvalue weighted by atomic mass is 9.99. The van der Waals surface area contributed by atoms with Gasteiger partial charge in [-0.2, -0.15) is 0 Å². The molecule has 0 radical (unpaired) electrons. The topological polar surface area (TPSA) is 152 Å². The fraction of sp³-hybridized carbons (Fsp3) is 0.880. The number of hydrogen-bond donors (Lipinski definition) is 4. The highest BCUT2D eigenvalue weighted by molar-refractivity contribution is 5.82. The van der Waals surface area contributed by atoms with Crippen LogP contribution in [0.5, 0.6) is 0 Å². The summed E-state index contributed by atoms with van der Waals surface area (Å²) in [5, 5.41) is 40.1. The molecule has 4 N–H and O–H groups in total. The molecule has 1 rings (SSSR count). The number of carbonyl (C=O) groups is 2. The summed E-state index contributed by atoms with van der Waals surface area (Å²) < 4.78 is 22.0. The lowest BCUT2D eigenvalue weighted by Crippen LogP contribution is -2.59. The van der Waals surface area contributed by atoms with E-state index in [-0.39, 0.29) is 19.6 Å². The van der Waals surface area contributed by atoms with Crippen LogP contribution in [0, 0.1) is 0 Å². The number of hydrogen-bond acceptors (Lipinski definition) is 10. The van der Waals surface area contributed by atoms with Gasteiger partial charge >= 0.3 is 11.9 Å². The van der Waals surface area contributed by atoms with Crippen LogP contribution in [0.1, 0.15) is 226 Å². The van der Waals surface area contributed by atoms with Crippen LogP contribution in [0.2, 0.25) is 0 Å². The number of aliphatic hydroxyl groups excluding tert-OH is 4. The molecule has 1 aliphatic heterocycles. The van der Waals surface area contributed by atoms with Gasteiger partial charge in [-0.1, -0.05) is 218 Å². The molecule has 0 spiro atoms. The number of ether oxygens (including phenoxy) is 4. The lowest BCUT2D eigenvalue weighted by molar-refractivity contribution is -0.305.